The van der Waals surface area contributed by atoms with Gasteiger partial charge in [0.05, 0.1) is 24.6 Å². The lowest BCUT2D eigenvalue weighted by Crippen LogP contribution is -2.36. The largest absolute Gasteiger partial charge is 0.378 e. The summed E-state index contributed by atoms with van der Waals surface area (Å²) in [6.07, 6.45) is 1.31. The standard InChI is InChI=1S/C22H28N2O2/c1-22(2,18-8-4-3-5-9-18)13-12-21(25)23-19-10-6-7-11-20(19)24-14-16-26-17-15-24/h3-11H,12-17H2,1-2H3,(H,23,25). The molecule has 0 aliphatic carbocycles. The van der Waals surface area contributed by atoms with Crippen molar-refractivity contribution in [3.05, 3.63) is 60.2 Å². The predicted molar refractivity (Wildman–Crippen MR) is 107 cm³/mol. The first-order chi connectivity index (χ1) is 12.6. The first kappa shape index (κ1) is 18.5. The maximum Gasteiger partial charge on any atom is 0.224 e. The van der Waals surface area contributed by atoms with Crippen molar-refractivity contribution in [1.29, 1.82) is 0 Å². The molecule has 4 nitrogen and oxygen atoms in total. The molecule has 0 radical (unpaired) electrons. The number of anilines is 2. The van der Waals surface area contributed by atoms with E-state index in [2.05, 4.69) is 54.4 Å². The van der Waals surface area contributed by atoms with E-state index in [1.807, 2.05) is 24.3 Å². The van der Waals surface area contributed by atoms with Crippen LogP contribution in [0.1, 0.15) is 32.3 Å². The summed E-state index contributed by atoms with van der Waals surface area (Å²) < 4.78 is 5.43. The second kappa shape index (κ2) is 8.37. The van der Waals surface area contributed by atoms with Gasteiger partial charge in [-0.05, 0) is 29.5 Å². The molecular formula is C22H28N2O2. The number of hydrogen-bond acceptors (Lipinski definition) is 3. The summed E-state index contributed by atoms with van der Waals surface area (Å²) in [5, 5.41) is 3.11. The lowest BCUT2D eigenvalue weighted by molar-refractivity contribution is -0.116. The molecule has 0 unspecified atom stereocenters. The highest BCUT2D eigenvalue weighted by Crippen LogP contribution is 2.30. The van der Waals surface area contributed by atoms with Gasteiger partial charge in [0.25, 0.3) is 0 Å². The normalized spacial score (nSPS) is 14.9. The van der Waals surface area contributed by atoms with Crippen molar-refractivity contribution < 1.29 is 9.53 Å². The Morgan fingerprint density at radius 3 is 2.42 bits per heavy atom. The number of nitrogens with one attached hydrogen (secondary N) is 1. The Hall–Kier alpha value is -2.33. The lowest BCUT2D eigenvalue weighted by Gasteiger charge is -2.30. The summed E-state index contributed by atoms with van der Waals surface area (Å²) in [6, 6.07) is 18.4. The van der Waals surface area contributed by atoms with Gasteiger partial charge in [-0.25, -0.2) is 0 Å². The number of hydrogen-bond donors (Lipinski definition) is 1. The van der Waals surface area contributed by atoms with Crippen LogP contribution in [0.25, 0.3) is 0 Å². The predicted octanol–water partition coefficient (Wildman–Crippen LogP) is 4.22. The van der Waals surface area contributed by atoms with Crippen LogP contribution in [0.3, 0.4) is 0 Å². The second-order valence-electron chi connectivity index (χ2n) is 7.41. The molecule has 1 N–H and O–H groups in total. The fourth-order valence-corrected chi connectivity index (χ4v) is 3.33. The Morgan fingerprint density at radius 2 is 1.69 bits per heavy atom. The number of morpholine rings is 1. The van der Waals surface area contributed by atoms with Crippen molar-refractivity contribution in [2.75, 3.05) is 36.5 Å². The molecule has 3 rings (SSSR count). The van der Waals surface area contributed by atoms with Gasteiger partial charge in [-0.15, -0.1) is 0 Å². The van der Waals surface area contributed by atoms with Crippen LogP contribution < -0.4 is 10.2 Å². The van der Waals surface area contributed by atoms with Gasteiger partial charge < -0.3 is 15.0 Å². The average Bonchev–Trinajstić information content (AvgIpc) is 2.68. The molecular weight excluding hydrogens is 324 g/mol. The van der Waals surface area contributed by atoms with Crippen molar-refractivity contribution in [2.45, 2.75) is 32.1 Å². The SMILES string of the molecule is CC(C)(CCC(=O)Nc1ccccc1N1CCOCC1)c1ccccc1. The van der Waals surface area contributed by atoms with Gasteiger partial charge >= 0.3 is 0 Å². The Morgan fingerprint density at radius 1 is 1.04 bits per heavy atom. The maximum absolute atomic E-state index is 12.6. The van der Waals surface area contributed by atoms with Crippen LogP contribution in [0, 0.1) is 0 Å². The smallest absolute Gasteiger partial charge is 0.224 e. The van der Waals surface area contributed by atoms with Gasteiger partial charge in [-0.3, -0.25) is 4.79 Å². The molecule has 1 saturated heterocycles. The van der Waals surface area contributed by atoms with E-state index in [0.29, 0.717) is 6.42 Å². The summed E-state index contributed by atoms with van der Waals surface area (Å²) >= 11 is 0. The fraction of sp³-hybridized carbons (Fsp3) is 0.409. The molecule has 26 heavy (non-hydrogen) atoms. The van der Waals surface area contributed by atoms with Crippen LogP contribution in [-0.4, -0.2) is 32.2 Å². The Bertz CT molecular complexity index is 722. The van der Waals surface area contributed by atoms with Crippen molar-refractivity contribution in [1.82, 2.24) is 0 Å². The zero-order valence-electron chi connectivity index (χ0n) is 15.7. The molecule has 0 atom stereocenters. The van der Waals surface area contributed by atoms with Gasteiger partial charge in [0.1, 0.15) is 0 Å². The third-order valence-corrected chi connectivity index (χ3v) is 5.06. The lowest BCUT2D eigenvalue weighted by atomic mass is 9.80. The van der Waals surface area contributed by atoms with Crippen LogP contribution in [0.5, 0.6) is 0 Å². The summed E-state index contributed by atoms with van der Waals surface area (Å²) in [6.45, 7) is 7.55. The van der Waals surface area contributed by atoms with E-state index < -0.39 is 0 Å². The highest BCUT2D eigenvalue weighted by atomic mass is 16.5. The van der Waals surface area contributed by atoms with E-state index in [9.17, 15) is 4.79 Å². The zero-order chi connectivity index (χ0) is 18.4. The van der Waals surface area contributed by atoms with E-state index in [0.717, 1.165) is 44.1 Å². The Kier molecular flexibility index (Phi) is 5.94. The van der Waals surface area contributed by atoms with Crippen LogP contribution >= 0.6 is 0 Å². The number of para-hydroxylation sites is 2. The van der Waals surface area contributed by atoms with Gasteiger partial charge in [-0.1, -0.05) is 56.3 Å². The Labute approximate surface area is 156 Å². The minimum Gasteiger partial charge on any atom is -0.378 e. The third-order valence-electron chi connectivity index (χ3n) is 5.06. The van der Waals surface area contributed by atoms with Crippen LogP contribution in [-0.2, 0) is 14.9 Å². The van der Waals surface area contributed by atoms with Crippen molar-refractivity contribution in [2.24, 2.45) is 0 Å². The highest BCUT2D eigenvalue weighted by Gasteiger charge is 2.22. The first-order valence-electron chi connectivity index (χ1n) is 9.33. The van der Waals surface area contributed by atoms with E-state index in [1.54, 1.807) is 0 Å². The van der Waals surface area contributed by atoms with Crippen LogP contribution in [0.4, 0.5) is 11.4 Å². The zero-order valence-corrected chi connectivity index (χ0v) is 15.7. The van der Waals surface area contributed by atoms with E-state index in [-0.39, 0.29) is 11.3 Å². The van der Waals surface area contributed by atoms with Crippen molar-refractivity contribution >= 4 is 17.3 Å². The summed E-state index contributed by atoms with van der Waals surface area (Å²) in [7, 11) is 0. The molecule has 4 heteroatoms. The molecule has 0 spiro atoms. The minimum atomic E-state index is -0.0255. The molecule has 2 aromatic carbocycles. The number of benzene rings is 2. The van der Waals surface area contributed by atoms with E-state index >= 15 is 0 Å². The monoisotopic (exact) mass is 352 g/mol. The quantitative estimate of drug-likeness (QED) is 0.846. The van der Waals surface area contributed by atoms with Gasteiger partial charge in [0, 0.05) is 19.5 Å². The maximum atomic E-state index is 12.6. The molecule has 138 valence electrons. The van der Waals surface area contributed by atoms with Crippen molar-refractivity contribution in [3.8, 4) is 0 Å². The van der Waals surface area contributed by atoms with E-state index in [1.165, 1.54) is 5.56 Å². The average molecular weight is 352 g/mol. The number of nitrogens with zero attached hydrogens (tertiary/aromatic N) is 1. The van der Waals surface area contributed by atoms with Gasteiger partial charge in [-0.2, -0.15) is 0 Å². The van der Waals surface area contributed by atoms with Crippen LogP contribution in [0.2, 0.25) is 0 Å². The van der Waals surface area contributed by atoms with Gasteiger partial charge in [0.15, 0.2) is 0 Å². The van der Waals surface area contributed by atoms with Gasteiger partial charge in [0.2, 0.25) is 5.91 Å². The minimum absolute atomic E-state index is 0.0255. The number of carbonyl (C=O) groups excluding carboxylic acids is 1. The summed E-state index contributed by atoms with van der Waals surface area (Å²) in [5.74, 6) is 0.0646. The van der Waals surface area contributed by atoms with Crippen LogP contribution in [0.15, 0.2) is 54.6 Å². The molecule has 1 amide bonds. The fourth-order valence-electron chi connectivity index (χ4n) is 3.33. The second-order valence-corrected chi connectivity index (χ2v) is 7.41. The summed E-state index contributed by atoms with van der Waals surface area (Å²) in [4.78, 5) is 14.8. The van der Waals surface area contributed by atoms with Crippen molar-refractivity contribution in [3.63, 3.8) is 0 Å². The molecule has 2 aromatic rings. The molecule has 0 bridgehead atoms. The molecule has 1 aliphatic rings. The molecule has 1 aliphatic heterocycles. The molecule has 1 heterocycles. The van der Waals surface area contributed by atoms with E-state index in [4.69, 9.17) is 4.74 Å². The number of amides is 1. The molecule has 1 fully saturated rings. The molecule has 0 saturated carbocycles. The summed E-state index contributed by atoms with van der Waals surface area (Å²) in [5.41, 5.74) is 3.20. The number of carbonyl (C=O) groups is 1. The third kappa shape index (κ3) is 4.64. The Balaban J connectivity index is 1.62. The number of ether oxygens (including phenoxy) is 1. The highest BCUT2D eigenvalue weighted by molar-refractivity contribution is 5.94. The topological polar surface area (TPSA) is 41.6 Å². The molecule has 0 aromatic heterocycles. The first-order valence-corrected chi connectivity index (χ1v) is 9.33. The number of rotatable bonds is 6.